The fraction of sp³-hybridized carbons (Fsp3) is 0.533. The number of benzene rings is 1. The highest BCUT2D eigenvalue weighted by Crippen LogP contribution is 2.11. The first-order valence-electron chi connectivity index (χ1n) is 6.57. The van der Waals surface area contributed by atoms with E-state index < -0.39 is 12.1 Å². The van der Waals surface area contributed by atoms with E-state index in [2.05, 4.69) is 23.9 Å². The molecule has 0 aromatic heterocycles. The SMILES string of the molecule is COC(=O)C(O)C(CC(C)C)NCc1ccccc1. The number of hydrogen-bond acceptors (Lipinski definition) is 4. The van der Waals surface area contributed by atoms with Gasteiger partial charge in [-0.1, -0.05) is 44.2 Å². The molecule has 0 aliphatic carbocycles. The van der Waals surface area contributed by atoms with Gasteiger partial charge in [0, 0.05) is 12.6 Å². The molecule has 2 unspecified atom stereocenters. The van der Waals surface area contributed by atoms with Gasteiger partial charge in [0.15, 0.2) is 6.10 Å². The van der Waals surface area contributed by atoms with Crippen LogP contribution in [-0.4, -0.2) is 30.3 Å². The van der Waals surface area contributed by atoms with Crippen LogP contribution in [0.1, 0.15) is 25.8 Å². The summed E-state index contributed by atoms with van der Waals surface area (Å²) in [6.45, 7) is 4.73. The number of rotatable bonds is 7. The molecule has 4 heteroatoms. The summed E-state index contributed by atoms with van der Waals surface area (Å²) < 4.78 is 4.60. The van der Waals surface area contributed by atoms with E-state index in [9.17, 15) is 9.90 Å². The fourth-order valence-electron chi connectivity index (χ4n) is 1.96. The quantitative estimate of drug-likeness (QED) is 0.737. The second-order valence-electron chi connectivity index (χ2n) is 5.07. The van der Waals surface area contributed by atoms with Crippen molar-refractivity contribution >= 4 is 5.97 Å². The molecule has 0 radical (unpaired) electrons. The molecular weight excluding hydrogens is 242 g/mol. The Morgan fingerprint density at radius 3 is 2.47 bits per heavy atom. The lowest BCUT2D eigenvalue weighted by Crippen LogP contribution is -2.45. The van der Waals surface area contributed by atoms with Crippen molar-refractivity contribution < 1.29 is 14.6 Å². The lowest BCUT2D eigenvalue weighted by Gasteiger charge is -2.24. The maximum absolute atomic E-state index is 11.4. The monoisotopic (exact) mass is 265 g/mol. The molecule has 0 amide bonds. The highest BCUT2D eigenvalue weighted by atomic mass is 16.5. The van der Waals surface area contributed by atoms with Crippen molar-refractivity contribution in [1.82, 2.24) is 5.32 Å². The van der Waals surface area contributed by atoms with E-state index >= 15 is 0 Å². The van der Waals surface area contributed by atoms with Crippen molar-refractivity contribution in [3.63, 3.8) is 0 Å². The van der Waals surface area contributed by atoms with Crippen LogP contribution < -0.4 is 5.32 Å². The summed E-state index contributed by atoms with van der Waals surface area (Å²) in [4.78, 5) is 11.4. The van der Waals surface area contributed by atoms with Gasteiger partial charge in [-0.2, -0.15) is 0 Å². The summed E-state index contributed by atoms with van der Waals surface area (Å²) in [5.41, 5.74) is 1.12. The molecule has 0 aliphatic heterocycles. The molecule has 19 heavy (non-hydrogen) atoms. The first-order valence-corrected chi connectivity index (χ1v) is 6.57. The van der Waals surface area contributed by atoms with Crippen molar-refractivity contribution in [2.24, 2.45) is 5.92 Å². The van der Waals surface area contributed by atoms with E-state index in [0.29, 0.717) is 18.9 Å². The summed E-state index contributed by atoms with van der Waals surface area (Å²) in [5.74, 6) is -0.209. The summed E-state index contributed by atoms with van der Waals surface area (Å²) in [5, 5.41) is 13.2. The van der Waals surface area contributed by atoms with E-state index in [1.165, 1.54) is 7.11 Å². The predicted octanol–water partition coefficient (Wildman–Crippen LogP) is 1.72. The van der Waals surface area contributed by atoms with Crippen molar-refractivity contribution in [3.05, 3.63) is 35.9 Å². The molecule has 1 aromatic carbocycles. The normalized spacial score (nSPS) is 14.2. The number of hydrogen-bond donors (Lipinski definition) is 2. The topological polar surface area (TPSA) is 58.6 Å². The van der Waals surface area contributed by atoms with Gasteiger partial charge < -0.3 is 15.2 Å². The van der Waals surface area contributed by atoms with E-state index in [1.54, 1.807) is 0 Å². The minimum Gasteiger partial charge on any atom is -0.467 e. The van der Waals surface area contributed by atoms with Gasteiger partial charge in [-0.15, -0.1) is 0 Å². The average Bonchev–Trinajstić information content (AvgIpc) is 2.42. The first kappa shape index (κ1) is 15.7. The molecule has 1 rings (SSSR count). The van der Waals surface area contributed by atoms with Crippen LogP contribution in [0.4, 0.5) is 0 Å². The second-order valence-corrected chi connectivity index (χ2v) is 5.07. The van der Waals surface area contributed by atoms with Crippen molar-refractivity contribution in [2.75, 3.05) is 7.11 Å². The lowest BCUT2D eigenvalue weighted by molar-refractivity contribution is -0.152. The molecule has 2 atom stereocenters. The standard InChI is InChI=1S/C15H23NO3/c1-11(2)9-13(14(17)15(18)19-3)16-10-12-7-5-4-6-8-12/h4-8,11,13-14,16-17H,9-10H2,1-3H3. The third-order valence-electron chi connectivity index (χ3n) is 2.96. The van der Waals surface area contributed by atoms with Gasteiger partial charge in [0.2, 0.25) is 0 Å². The van der Waals surface area contributed by atoms with Crippen LogP contribution in [-0.2, 0) is 16.1 Å². The molecule has 0 aliphatic rings. The predicted molar refractivity (Wildman–Crippen MR) is 74.5 cm³/mol. The smallest absolute Gasteiger partial charge is 0.336 e. The number of aliphatic hydroxyl groups excluding tert-OH is 1. The Morgan fingerprint density at radius 1 is 1.32 bits per heavy atom. The molecule has 106 valence electrons. The summed E-state index contributed by atoms with van der Waals surface area (Å²) >= 11 is 0. The van der Waals surface area contributed by atoms with Crippen LogP contribution in [0.5, 0.6) is 0 Å². The third kappa shape index (κ3) is 5.41. The van der Waals surface area contributed by atoms with E-state index in [4.69, 9.17) is 0 Å². The van der Waals surface area contributed by atoms with Gasteiger partial charge in [0.05, 0.1) is 7.11 Å². The Morgan fingerprint density at radius 2 is 1.95 bits per heavy atom. The minimum atomic E-state index is -1.13. The molecule has 0 saturated carbocycles. The maximum Gasteiger partial charge on any atom is 0.336 e. The molecule has 0 spiro atoms. The fourth-order valence-corrected chi connectivity index (χ4v) is 1.96. The van der Waals surface area contributed by atoms with E-state index in [-0.39, 0.29) is 6.04 Å². The van der Waals surface area contributed by atoms with E-state index in [0.717, 1.165) is 5.56 Å². The van der Waals surface area contributed by atoms with Crippen LogP contribution in [0.15, 0.2) is 30.3 Å². The molecule has 1 aromatic rings. The van der Waals surface area contributed by atoms with Crippen LogP contribution in [0.2, 0.25) is 0 Å². The molecule has 0 bridgehead atoms. The van der Waals surface area contributed by atoms with Gasteiger partial charge in [-0.3, -0.25) is 0 Å². The summed E-state index contributed by atoms with van der Waals surface area (Å²) in [7, 11) is 1.29. The number of carbonyl (C=O) groups is 1. The van der Waals surface area contributed by atoms with Crippen molar-refractivity contribution in [2.45, 2.75) is 39.0 Å². The van der Waals surface area contributed by atoms with Gasteiger partial charge >= 0.3 is 5.97 Å². The minimum absolute atomic E-state index is 0.298. The Hall–Kier alpha value is -1.39. The van der Waals surface area contributed by atoms with Crippen molar-refractivity contribution in [1.29, 1.82) is 0 Å². The molecule has 0 fully saturated rings. The Kier molecular flexibility index (Phi) is 6.53. The van der Waals surface area contributed by atoms with E-state index in [1.807, 2.05) is 30.3 Å². The molecule has 4 nitrogen and oxygen atoms in total. The summed E-state index contributed by atoms with van der Waals surface area (Å²) in [6.07, 6.45) is -0.417. The number of methoxy groups -OCH3 is 1. The molecule has 0 saturated heterocycles. The number of ether oxygens (including phenoxy) is 1. The Bertz CT molecular complexity index is 378. The summed E-state index contributed by atoms with van der Waals surface area (Å²) in [6, 6.07) is 9.59. The number of nitrogens with one attached hydrogen (secondary N) is 1. The number of carbonyl (C=O) groups excluding carboxylic acids is 1. The van der Waals surface area contributed by atoms with Gasteiger partial charge in [-0.05, 0) is 17.9 Å². The van der Waals surface area contributed by atoms with Crippen LogP contribution in [0, 0.1) is 5.92 Å². The highest BCUT2D eigenvalue weighted by Gasteiger charge is 2.27. The number of aliphatic hydroxyl groups is 1. The Labute approximate surface area is 114 Å². The lowest BCUT2D eigenvalue weighted by atomic mass is 9.99. The third-order valence-corrected chi connectivity index (χ3v) is 2.96. The zero-order valence-corrected chi connectivity index (χ0v) is 11.8. The van der Waals surface area contributed by atoms with Crippen LogP contribution in [0.3, 0.4) is 0 Å². The Balaban J connectivity index is 2.61. The zero-order chi connectivity index (χ0) is 14.3. The van der Waals surface area contributed by atoms with Crippen molar-refractivity contribution in [3.8, 4) is 0 Å². The van der Waals surface area contributed by atoms with Gasteiger partial charge in [0.25, 0.3) is 0 Å². The molecule has 0 heterocycles. The highest BCUT2D eigenvalue weighted by molar-refractivity contribution is 5.75. The first-order chi connectivity index (χ1) is 9.04. The van der Waals surface area contributed by atoms with Gasteiger partial charge in [0.1, 0.15) is 0 Å². The second kappa shape index (κ2) is 7.92. The molecule has 2 N–H and O–H groups in total. The van der Waals surface area contributed by atoms with Crippen LogP contribution >= 0.6 is 0 Å². The van der Waals surface area contributed by atoms with Crippen LogP contribution in [0.25, 0.3) is 0 Å². The number of esters is 1. The maximum atomic E-state index is 11.4. The largest absolute Gasteiger partial charge is 0.467 e. The molecular formula is C15H23NO3. The zero-order valence-electron chi connectivity index (χ0n) is 11.8. The van der Waals surface area contributed by atoms with Gasteiger partial charge in [-0.25, -0.2) is 4.79 Å². The average molecular weight is 265 g/mol.